The van der Waals surface area contributed by atoms with E-state index >= 15 is 0 Å². The summed E-state index contributed by atoms with van der Waals surface area (Å²) in [6.45, 7) is 11.2. The molecule has 0 fully saturated rings. The molecule has 1 heterocycles. The summed E-state index contributed by atoms with van der Waals surface area (Å²) >= 11 is 0. The second kappa shape index (κ2) is 6.85. The molecule has 1 atom stereocenters. The summed E-state index contributed by atoms with van der Waals surface area (Å²) in [5.74, 6) is 8.09. The van der Waals surface area contributed by atoms with Crippen LogP contribution in [-0.2, 0) is 5.41 Å². The van der Waals surface area contributed by atoms with Crippen molar-refractivity contribution in [1.29, 1.82) is 0 Å². The van der Waals surface area contributed by atoms with Crippen LogP contribution in [0.2, 0.25) is 0 Å². The molecule has 0 radical (unpaired) electrons. The highest BCUT2D eigenvalue weighted by molar-refractivity contribution is 5.57. The molecule has 1 rings (SSSR count). The lowest BCUT2D eigenvalue weighted by molar-refractivity contribution is 0.266. The number of nitrogens with zero attached hydrogens (tertiary/aromatic N) is 2. The third-order valence-electron chi connectivity index (χ3n) is 3.19. The van der Waals surface area contributed by atoms with E-state index in [-0.39, 0.29) is 12.0 Å². The highest BCUT2D eigenvalue weighted by Gasteiger charge is 2.21. The van der Waals surface area contributed by atoms with Gasteiger partial charge in [0.15, 0.2) is 0 Å². The molecule has 6 heteroatoms. The van der Waals surface area contributed by atoms with Gasteiger partial charge in [0.05, 0.1) is 0 Å². The summed E-state index contributed by atoms with van der Waals surface area (Å²) in [6.07, 6.45) is 0.769. The lowest BCUT2D eigenvalue weighted by atomic mass is 9.95. The topological polar surface area (TPSA) is 96.1 Å². The van der Waals surface area contributed by atoms with Gasteiger partial charge in [-0.15, -0.1) is 0 Å². The molecule has 114 valence electrons. The van der Waals surface area contributed by atoms with Crippen molar-refractivity contribution in [3.8, 4) is 0 Å². The highest BCUT2D eigenvalue weighted by atomic mass is 16.3. The molecule has 1 aromatic rings. The van der Waals surface area contributed by atoms with E-state index in [0.717, 1.165) is 30.2 Å². The van der Waals surface area contributed by atoms with Crippen LogP contribution in [0.5, 0.6) is 0 Å². The third kappa shape index (κ3) is 4.31. The molecule has 0 bridgehead atoms. The summed E-state index contributed by atoms with van der Waals surface area (Å²) in [7, 11) is 0. The van der Waals surface area contributed by atoms with Gasteiger partial charge < -0.3 is 15.8 Å². The molecule has 0 spiro atoms. The summed E-state index contributed by atoms with van der Waals surface area (Å²) < 4.78 is 0. The van der Waals surface area contributed by atoms with E-state index < -0.39 is 0 Å². The lowest BCUT2D eigenvalue weighted by Gasteiger charge is -2.21. The second-order valence-corrected chi connectivity index (χ2v) is 6.26. The lowest BCUT2D eigenvalue weighted by Crippen LogP contribution is -2.22. The molecule has 5 N–H and O–H groups in total. The van der Waals surface area contributed by atoms with Crippen molar-refractivity contribution < 1.29 is 5.11 Å². The van der Waals surface area contributed by atoms with Gasteiger partial charge in [-0.2, -0.15) is 0 Å². The van der Waals surface area contributed by atoms with Crippen molar-refractivity contribution >= 4 is 11.6 Å². The van der Waals surface area contributed by atoms with Gasteiger partial charge in [-0.25, -0.2) is 15.8 Å². The number of anilines is 2. The smallest absolute Gasteiger partial charge is 0.148 e. The van der Waals surface area contributed by atoms with E-state index in [0.29, 0.717) is 11.7 Å². The number of hydrazine groups is 1. The van der Waals surface area contributed by atoms with Crippen LogP contribution in [0.3, 0.4) is 0 Å². The largest absolute Gasteiger partial charge is 0.396 e. The minimum absolute atomic E-state index is 0.146. The zero-order valence-corrected chi connectivity index (χ0v) is 13.1. The van der Waals surface area contributed by atoms with Gasteiger partial charge in [-0.3, -0.25) is 0 Å². The number of hydrogen-bond donors (Lipinski definition) is 4. The van der Waals surface area contributed by atoms with Gasteiger partial charge in [-0.05, 0) is 19.3 Å². The van der Waals surface area contributed by atoms with Crippen LogP contribution in [0.1, 0.15) is 45.5 Å². The number of nitrogen functional groups attached to an aromatic ring is 1. The summed E-state index contributed by atoms with van der Waals surface area (Å²) in [5.41, 5.74) is 3.38. The van der Waals surface area contributed by atoms with Crippen LogP contribution in [0, 0.1) is 12.8 Å². The fourth-order valence-electron chi connectivity index (χ4n) is 1.76. The summed E-state index contributed by atoms with van der Waals surface area (Å²) in [4.78, 5) is 9.06. The average molecular weight is 281 g/mol. The number of nitrogens with two attached hydrogens (primary N) is 1. The minimum Gasteiger partial charge on any atom is -0.396 e. The molecule has 1 aromatic heterocycles. The van der Waals surface area contributed by atoms with Crippen molar-refractivity contribution in [3.63, 3.8) is 0 Å². The summed E-state index contributed by atoms with van der Waals surface area (Å²) in [5, 5.41) is 12.3. The first-order chi connectivity index (χ1) is 9.29. The fourth-order valence-corrected chi connectivity index (χ4v) is 1.76. The van der Waals surface area contributed by atoms with Gasteiger partial charge in [-0.1, -0.05) is 27.7 Å². The first kappa shape index (κ1) is 16.7. The van der Waals surface area contributed by atoms with Crippen molar-refractivity contribution in [2.75, 3.05) is 23.9 Å². The zero-order chi connectivity index (χ0) is 15.3. The van der Waals surface area contributed by atoms with E-state index in [1.165, 1.54) is 0 Å². The van der Waals surface area contributed by atoms with Crippen molar-refractivity contribution in [1.82, 2.24) is 9.97 Å². The maximum atomic E-state index is 8.94. The normalized spacial score (nSPS) is 13.2. The molecule has 6 nitrogen and oxygen atoms in total. The predicted molar refractivity (Wildman–Crippen MR) is 82.6 cm³/mol. The SMILES string of the molecule is Cc1c(NN)nc(C(C)(C)C)nc1NCC(C)CCO. The van der Waals surface area contributed by atoms with E-state index in [9.17, 15) is 0 Å². The van der Waals surface area contributed by atoms with Crippen LogP contribution in [0.15, 0.2) is 0 Å². The average Bonchev–Trinajstić information content (AvgIpc) is 2.36. The summed E-state index contributed by atoms with van der Waals surface area (Å²) in [6, 6.07) is 0. The second-order valence-electron chi connectivity index (χ2n) is 6.26. The molecule has 0 saturated carbocycles. The molecule has 20 heavy (non-hydrogen) atoms. The molecular weight excluding hydrogens is 254 g/mol. The Hall–Kier alpha value is -1.40. The van der Waals surface area contributed by atoms with Crippen LogP contribution in [0.4, 0.5) is 11.6 Å². The van der Waals surface area contributed by atoms with Crippen LogP contribution in [0.25, 0.3) is 0 Å². The number of rotatable bonds is 6. The fraction of sp³-hybridized carbons (Fsp3) is 0.714. The number of aliphatic hydroxyl groups excluding tert-OH is 1. The number of hydrogen-bond acceptors (Lipinski definition) is 6. The van der Waals surface area contributed by atoms with Gasteiger partial charge >= 0.3 is 0 Å². The molecule has 0 aliphatic heterocycles. The van der Waals surface area contributed by atoms with Crippen LogP contribution >= 0.6 is 0 Å². The van der Waals surface area contributed by atoms with Crippen LogP contribution in [-0.4, -0.2) is 28.2 Å². The molecular formula is C14H27N5O. The van der Waals surface area contributed by atoms with E-state index in [1.807, 2.05) is 6.92 Å². The van der Waals surface area contributed by atoms with Crippen molar-refractivity contribution in [2.45, 2.75) is 46.5 Å². The maximum Gasteiger partial charge on any atom is 0.148 e. The quantitative estimate of drug-likeness (QED) is 0.469. The standard InChI is InChI=1S/C14H27N5O/c1-9(6-7-20)8-16-11-10(2)12(19-15)18-13(17-11)14(3,4)5/h9,20H,6-8,15H2,1-5H3,(H2,16,17,18,19). The maximum absolute atomic E-state index is 8.94. The number of aliphatic hydroxyl groups is 1. The Balaban J connectivity index is 2.99. The molecule has 0 amide bonds. The first-order valence-electron chi connectivity index (χ1n) is 7.00. The van der Waals surface area contributed by atoms with E-state index in [1.54, 1.807) is 0 Å². The van der Waals surface area contributed by atoms with Gasteiger partial charge in [0.1, 0.15) is 17.5 Å². The molecule has 0 aromatic carbocycles. The Morgan fingerprint density at radius 1 is 1.25 bits per heavy atom. The predicted octanol–water partition coefficient (Wildman–Crippen LogP) is 1.80. The van der Waals surface area contributed by atoms with Gasteiger partial charge in [0.25, 0.3) is 0 Å². The number of aromatic nitrogens is 2. The van der Waals surface area contributed by atoms with Crippen LogP contribution < -0.4 is 16.6 Å². The monoisotopic (exact) mass is 281 g/mol. The van der Waals surface area contributed by atoms with E-state index in [4.69, 9.17) is 10.9 Å². The zero-order valence-electron chi connectivity index (χ0n) is 13.1. The Labute approximate surface area is 121 Å². The van der Waals surface area contributed by atoms with Gasteiger partial charge in [0, 0.05) is 24.1 Å². The van der Waals surface area contributed by atoms with Crippen molar-refractivity contribution in [2.24, 2.45) is 11.8 Å². The Morgan fingerprint density at radius 2 is 1.85 bits per heavy atom. The first-order valence-corrected chi connectivity index (χ1v) is 7.00. The molecule has 0 aliphatic rings. The molecule has 0 aliphatic carbocycles. The Morgan fingerprint density at radius 3 is 2.35 bits per heavy atom. The highest BCUT2D eigenvalue weighted by Crippen LogP contribution is 2.26. The van der Waals surface area contributed by atoms with Gasteiger partial charge in [0.2, 0.25) is 0 Å². The Bertz CT molecular complexity index is 442. The van der Waals surface area contributed by atoms with E-state index in [2.05, 4.69) is 48.4 Å². The Kier molecular flexibility index (Phi) is 5.71. The minimum atomic E-state index is -0.146. The third-order valence-corrected chi connectivity index (χ3v) is 3.19. The van der Waals surface area contributed by atoms with Crippen molar-refractivity contribution in [3.05, 3.63) is 11.4 Å². The number of nitrogens with one attached hydrogen (secondary N) is 2. The molecule has 0 saturated heterocycles. The molecule has 1 unspecified atom stereocenters.